The number of carboxylic acids is 1. The summed E-state index contributed by atoms with van der Waals surface area (Å²) in [6, 6.07) is 16.6. The molecule has 1 heterocycles. The summed E-state index contributed by atoms with van der Waals surface area (Å²) in [6.07, 6.45) is 3.17. The largest absolute Gasteiger partial charge is 0.478 e. The Morgan fingerprint density at radius 3 is 2.50 bits per heavy atom. The number of aromatic nitrogens is 2. The van der Waals surface area contributed by atoms with Gasteiger partial charge in [-0.05, 0) is 54.1 Å². The maximum absolute atomic E-state index is 13.3. The summed E-state index contributed by atoms with van der Waals surface area (Å²) >= 11 is 6.06. The highest BCUT2D eigenvalue weighted by Gasteiger charge is 2.13. The molecule has 4 rings (SSSR count). The Morgan fingerprint density at radius 2 is 1.81 bits per heavy atom. The lowest BCUT2D eigenvalue weighted by atomic mass is 10.1. The minimum absolute atomic E-state index is 0.0629. The molecule has 0 aliphatic carbocycles. The Bertz CT molecular complexity index is 1460. The molecule has 0 bridgehead atoms. The fourth-order valence-electron chi connectivity index (χ4n) is 3.20. The first-order chi connectivity index (χ1) is 15.3. The van der Waals surface area contributed by atoms with E-state index in [4.69, 9.17) is 16.7 Å². The number of rotatable bonds is 5. The highest BCUT2D eigenvalue weighted by Crippen LogP contribution is 2.20. The zero-order chi connectivity index (χ0) is 22.8. The lowest BCUT2D eigenvalue weighted by Gasteiger charge is -2.12. The average molecular weight is 448 g/mol. The van der Waals surface area contributed by atoms with Crippen molar-refractivity contribution in [3.8, 4) is 5.69 Å². The van der Waals surface area contributed by atoms with E-state index in [9.17, 15) is 19.7 Å². The fourth-order valence-corrected chi connectivity index (χ4v) is 3.37. The van der Waals surface area contributed by atoms with Crippen molar-refractivity contribution in [3.05, 3.63) is 109 Å². The third kappa shape index (κ3) is 4.12. The van der Waals surface area contributed by atoms with Gasteiger partial charge in [-0.2, -0.15) is 0 Å². The second-order valence-corrected chi connectivity index (χ2v) is 7.25. The molecular formula is C23H14ClN3O5. The van der Waals surface area contributed by atoms with Crippen LogP contribution in [0, 0.1) is 10.1 Å². The first-order valence-electron chi connectivity index (χ1n) is 9.32. The van der Waals surface area contributed by atoms with Gasteiger partial charge in [0, 0.05) is 17.2 Å². The van der Waals surface area contributed by atoms with Gasteiger partial charge < -0.3 is 5.11 Å². The highest BCUT2D eigenvalue weighted by molar-refractivity contribution is 6.31. The number of nitro groups is 1. The molecule has 158 valence electrons. The molecule has 0 saturated heterocycles. The van der Waals surface area contributed by atoms with Crippen molar-refractivity contribution < 1.29 is 14.8 Å². The number of benzene rings is 3. The summed E-state index contributed by atoms with van der Waals surface area (Å²) in [4.78, 5) is 39.5. The topological polar surface area (TPSA) is 115 Å². The number of aromatic carboxylic acids is 1. The molecule has 0 saturated carbocycles. The van der Waals surface area contributed by atoms with E-state index < -0.39 is 10.9 Å². The van der Waals surface area contributed by atoms with E-state index in [0.717, 1.165) is 0 Å². The SMILES string of the molecule is O=C(O)c1ccc(-n2c(/C=C/c3cccc([N+](=O)[O-])c3)nc3cc(Cl)ccc3c2=O)cc1. The molecule has 0 spiro atoms. The Balaban J connectivity index is 1.90. The number of hydrogen-bond donors (Lipinski definition) is 1. The summed E-state index contributed by atoms with van der Waals surface area (Å²) < 4.78 is 1.34. The number of nitro benzene ring substituents is 1. The molecule has 1 aromatic heterocycles. The van der Waals surface area contributed by atoms with E-state index >= 15 is 0 Å². The van der Waals surface area contributed by atoms with Crippen molar-refractivity contribution in [1.82, 2.24) is 9.55 Å². The maximum atomic E-state index is 13.3. The van der Waals surface area contributed by atoms with Gasteiger partial charge in [-0.3, -0.25) is 19.5 Å². The van der Waals surface area contributed by atoms with Crippen LogP contribution in [0.1, 0.15) is 21.7 Å². The molecule has 8 nitrogen and oxygen atoms in total. The Morgan fingerprint density at radius 1 is 1.06 bits per heavy atom. The van der Waals surface area contributed by atoms with E-state index in [1.807, 2.05) is 0 Å². The zero-order valence-electron chi connectivity index (χ0n) is 16.3. The summed E-state index contributed by atoms with van der Waals surface area (Å²) in [5.41, 5.74) is 1.01. The predicted octanol–water partition coefficient (Wildman–Crippen LogP) is 4.82. The maximum Gasteiger partial charge on any atom is 0.335 e. The monoisotopic (exact) mass is 447 g/mol. The summed E-state index contributed by atoms with van der Waals surface area (Å²) in [5, 5.41) is 20.9. The Labute approximate surface area is 185 Å². The molecule has 32 heavy (non-hydrogen) atoms. The second-order valence-electron chi connectivity index (χ2n) is 6.81. The number of hydrogen-bond acceptors (Lipinski definition) is 5. The van der Waals surface area contributed by atoms with E-state index in [2.05, 4.69) is 4.98 Å². The normalized spacial score (nSPS) is 11.2. The Kier molecular flexibility index (Phi) is 5.53. The molecule has 9 heteroatoms. The van der Waals surface area contributed by atoms with Crippen LogP contribution in [0.4, 0.5) is 5.69 Å². The van der Waals surface area contributed by atoms with Crippen LogP contribution in [0.2, 0.25) is 5.02 Å². The first kappa shape index (κ1) is 21.0. The fraction of sp³-hybridized carbons (Fsp3) is 0. The van der Waals surface area contributed by atoms with Crippen LogP contribution in [0.25, 0.3) is 28.7 Å². The number of carbonyl (C=O) groups is 1. The molecule has 3 aromatic carbocycles. The third-order valence-corrected chi connectivity index (χ3v) is 4.97. The number of nitrogens with zero attached hydrogens (tertiary/aromatic N) is 3. The predicted molar refractivity (Wildman–Crippen MR) is 121 cm³/mol. The van der Waals surface area contributed by atoms with Gasteiger partial charge >= 0.3 is 5.97 Å². The van der Waals surface area contributed by atoms with Crippen LogP contribution in [0.3, 0.4) is 0 Å². The number of halogens is 1. The molecule has 0 atom stereocenters. The van der Waals surface area contributed by atoms with E-state index in [-0.39, 0.29) is 22.6 Å². The van der Waals surface area contributed by atoms with E-state index in [1.54, 1.807) is 42.5 Å². The van der Waals surface area contributed by atoms with Crippen molar-refractivity contribution in [2.24, 2.45) is 0 Å². The van der Waals surface area contributed by atoms with Crippen LogP contribution in [0.15, 0.2) is 71.5 Å². The summed E-state index contributed by atoms with van der Waals surface area (Å²) in [6.45, 7) is 0. The molecule has 0 aliphatic heterocycles. The van der Waals surface area contributed by atoms with Crippen molar-refractivity contribution in [1.29, 1.82) is 0 Å². The van der Waals surface area contributed by atoms with E-state index in [1.165, 1.54) is 41.0 Å². The molecule has 0 amide bonds. The van der Waals surface area contributed by atoms with Gasteiger partial charge in [-0.1, -0.05) is 29.8 Å². The highest BCUT2D eigenvalue weighted by atomic mass is 35.5. The van der Waals surface area contributed by atoms with Crippen molar-refractivity contribution in [2.45, 2.75) is 0 Å². The number of non-ortho nitro benzene ring substituents is 1. The van der Waals surface area contributed by atoms with Crippen molar-refractivity contribution in [3.63, 3.8) is 0 Å². The van der Waals surface area contributed by atoms with Crippen molar-refractivity contribution >= 4 is 46.3 Å². The molecule has 4 aromatic rings. The zero-order valence-corrected chi connectivity index (χ0v) is 17.1. The molecule has 0 radical (unpaired) electrons. The van der Waals surface area contributed by atoms with Gasteiger partial charge in [0.05, 0.1) is 27.1 Å². The molecule has 1 N–H and O–H groups in total. The van der Waals surface area contributed by atoms with Crippen LogP contribution in [-0.2, 0) is 0 Å². The standard InChI is InChI=1S/C23H14ClN3O5/c24-16-7-10-19-20(13-16)25-21(11-4-14-2-1-3-18(12-14)27(31)32)26(22(19)28)17-8-5-15(6-9-17)23(29)30/h1-13H,(H,29,30)/b11-4+. The molecular weight excluding hydrogens is 434 g/mol. The van der Waals surface area contributed by atoms with Gasteiger partial charge in [-0.25, -0.2) is 9.78 Å². The number of fused-ring (bicyclic) bond motifs is 1. The average Bonchev–Trinajstić information content (AvgIpc) is 2.78. The van der Waals surface area contributed by atoms with Gasteiger partial charge in [0.25, 0.3) is 11.2 Å². The third-order valence-electron chi connectivity index (χ3n) is 4.74. The smallest absolute Gasteiger partial charge is 0.335 e. The quantitative estimate of drug-likeness (QED) is 0.346. The Hall–Kier alpha value is -4.30. The van der Waals surface area contributed by atoms with Crippen LogP contribution in [0.5, 0.6) is 0 Å². The van der Waals surface area contributed by atoms with E-state index in [0.29, 0.717) is 27.2 Å². The minimum atomic E-state index is -1.08. The summed E-state index contributed by atoms with van der Waals surface area (Å²) in [5.74, 6) is -0.833. The molecule has 0 aliphatic rings. The second kappa shape index (κ2) is 8.44. The van der Waals surface area contributed by atoms with Gasteiger partial charge in [-0.15, -0.1) is 0 Å². The van der Waals surface area contributed by atoms with Crippen molar-refractivity contribution in [2.75, 3.05) is 0 Å². The van der Waals surface area contributed by atoms with Crippen LogP contribution < -0.4 is 5.56 Å². The lowest BCUT2D eigenvalue weighted by Crippen LogP contribution is -2.22. The van der Waals surface area contributed by atoms with Crippen LogP contribution in [-0.4, -0.2) is 25.6 Å². The van der Waals surface area contributed by atoms with Crippen LogP contribution >= 0.6 is 11.6 Å². The summed E-state index contributed by atoms with van der Waals surface area (Å²) in [7, 11) is 0. The lowest BCUT2D eigenvalue weighted by molar-refractivity contribution is -0.384. The first-order valence-corrected chi connectivity index (χ1v) is 9.70. The van der Waals surface area contributed by atoms with Gasteiger partial charge in [0.2, 0.25) is 0 Å². The van der Waals surface area contributed by atoms with Gasteiger partial charge in [0.1, 0.15) is 5.82 Å². The van der Waals surface area contributed by atoms with Gasteiger partial charge in [0.15, 0.2) is 0 Å². The molecule has 0 fully saturated rings. The number of carboxylic acid groups (broad SMARTS) is 1. The molecule has 0 unspecified atom stereocenters. The minimum Gasteiger partial charge on any atom is -0.478 e.